The Kier molecular flexibility index (Phi) is 6.23. The number of anilines is 1. The first-order chi connectivity index (χ1) is 7.43. The van der Waals surface area contributed by atoms with Gasteiger partial charge in [0.1, 0.15) is 0 Å². The molecule has 2 N–H and O–H groups in total. The molecule has 0 aromatic heterocycles. The topological polar surface area (TPSA) is 46.3 Å². The van der Waals surface area contributed by atoms with Crippen molar-refractivity contribution in [2.45, 2.75) is 27.2 Å². The van der Waals surface area contributed by atoms with Gasteiger partial charge in [0.25, 0.3) is 5.91 Å². The molecule has 0 heterocycles. The molecule has 16 heavy (non-hydrogen) atoms. The molecule has 1 aromatic carbocycles. The maximum Gasteiger partial charge on any atom is 0.253 e. The average Bonchev–Trinajstić information content (AvgIpc) is 2.17. The van der Waals surface area contributed by atoms with Crippen molar-refractivity contribution in [3.8, 4) is 0 Å². The van der Waals surface area contributed by atoms with Crippen molar-refractivity contribution in [3.05, 3.63) is 29.3 Å². The number of benzene rings is 1. The molecule has 3 nitrogen and oxygen atoms in total. The van der Waals surface area contributed by atoms with Gasteiger partial charge in [0.05, 0.1) is 0 Å². The molecule has 0 aliphatic rings. The van der Waals surface area contributed by atoms with Crippen LogP contribution in [0.4, 0.5) is 5.69 Å². The third-order valence-corrected chi connectivity index (χ3v) is 1.89. The first-order valence-electron chi connectivity index (χ1n) is 5.51. The number of carbonyl (C=O) groups is 1. The minimum Gasteiger partial charge on any atom is -0.399 e. The fourth-order valence-corrected chi connectivity index (χ4v) is 1.17. The Morgan fingerprint density at radius 2 is 1.88 bits per heavy atom. The lowest BCUT2D eigenvalue weighted by Gasteiger charge is -2.12. The lowest BCUT2D eigenvalue weighted by molar-refractivity contribution is 0.0827. The molecular weight excluding hydrogens is 200 g/mol. The van der Waals surface area contributed by atoms with Gasteiger partial charge in [-0.1, -0.05) is 20.3 Å². The van der Waals surface area contributed by atoms with Crippen LogP contribution in [0, 0.1) is 6.92 Å². The van der Waals surface area contributed by atoms with E-state index in [2.05, 4.69) is 13.8 Å². The van der Waals surface area contributed by atoms with Crippen molar-refractivity contribution in [1.82, 2.24) is 4.90 Å². The number of nitrogens with two attached hydrogens (primary N) is 1. The van der Waals surface area contributed by atoms with Crippen LogP contribution in [0.1, 0.15) is 37.6 Å². The molecule has 3 heteroatoms. The van der Waals surface area contributed by atoms with Gasteiger partial charge in [-0.2, -0.15) is 0 Å². The number of aryl methyl sites for hydroxylation is 1. The highest BCUT2D eigenvalue weighted by Gasteiger charge is 2.10. The number of carbonyl (C=O) groups excluding carboxylic acids is 1. The summed E-state index contributed by atoms with van der Waals surface area (Å²) in [6, 6.07) is 5.30. The van der Waals surface area contributed by atoms with E-state index >= 15 is 0 Å². The predicted octanol–water partition coefficient (Wildman–Crippen LogP) is 2.94. The van der Waals surface area contributed by atoms with Gasteiger partial charge in [-0.3, -0.25) is 4.79 Å². The molecule has 92 valence electrons. The van der Waals surface area contributed by atoms with E-state index in [9.17, 15) is 4.79 Å². The van der Waals surface area contributed by atoms with Crippen LogP contribution in [0.5, 0.6) is 0 Å². The van der Waals surface area contributed by atoms with E-state index < -0.39 is 0 Å². The Morgan fingerprint density at radius 1 is 1.38 bits per heavy atom. The standard InChI is InChI=1S/C10H14N2O.C3H8.H2/c1-7-6-8(11)4-5-9(7)10(13)12(2)3;1-3-2;/h4-6H,11H2,1-3H3;3H2,1-2H3;1H. The summed E-state index contributed by atoms with van der Waals surface area (Å²) < 4.78 is 0. The second-order valence-electron chi connectivity index (χ2n) is 3.98. The Balaban J connectivity index is 0. The molecule has 0 fully saturated rings. The van der Waals surface area contributed by atoms with Crippen LogP contribution in [0.2, 0.25) is 0 Å². The summed E-state index contributed by atoms with van der Waals surface area (Å²) in [5.74, 6) is 0.0116. The zero-order valence-corrected chi connectivity index (χ0v) is 10.9. The van der Waals surface area contributed by atoms with Crippen LogP contribution in [-0.2, 0) is 0 Å². The van der Waals surface area contributed by atoms with Gasteiger partial charge in [0.15, 0.2) is 0 Å². The lowest BCUT2D eigenvalue weighted by atomic mass is 10.1. The van der Waals surface area contributed by atoms with Crippen molar-refractivity contribution in [1.29, 1.82) is 0 Å². The summed E-state index contributed by atoms with van der Waals surface area (Å²) in [6.45, 7) is 6.13. The SMILES string of the molecule is CCC.Cc1cc(N)ccc1C(=O)N(C)C.[HH]. The highest BCUT2D eigenvalue weighted by Crippen LogP contribution is 2.13. The molecule has 0 atom stereocenters. The first-order valence-corrected chi connectivity index (χ1v) is 5.51. The summed E-state index contributed by atoms with van der Waals surface area (Å²) in [7, 11) is 3.47. The molecule has 0 aliphatic carbocycles. The monoisotopic (exact) mass is 224 g/mol. The second-order valence-corrected chi connectivity index (χ2v) is 3.98. The molecule has 0 saturated heterocycles. The molecular formula is C13H24N2O. The predicted molar refractivity (Wildman–Crippen MR) is 71.7 cm³/mol. The highest BCUT2D eigenvalue weighted by molar-refractivity contribution is 5.95. The van der Waals surface area contributed by atoms with Gasteiger partial charge in [0.2, 0.25) is 0 Å². The van der Waals surface area contributed by atoms with E-state index in [1.54, 1.807) is 37.2 Å². The number of hydrogen-bond donors (Lipinski definition) is 1. The van der Waals surface area contributed by atoms with Crippen LogP contribution in [0.3, 0.4) is 0 Å². The maximum atomic E-state index is 11.6. The van der Waals surface area contributed by atoms with Crippen molar-refractivity contribution in [2.75, 3.05) is 19.8 Å². The number of amides is 1. The molecule has 1 aromatic rings. The van der Waals surface area contributed by atoms with Crippen LogP contribution < -0.4 is 5.73 Å². The van der Waals surface area contributed by atoms with Gasteiger partial charge in [-0.15, -0.1) is 0 Å². The van der Waals surface area contributed by atoms with Crippen LogP contribution in [-0.4, -0.2) is 24.9 Å². The van der Waals surface area contributed by atoms with Gasteiger partial charge in [-0.25, -0.2) is 0 Å². The number of rotatable bonds is 1. The highest BCUT2D eigenvalue weighted by atomic mass is 16.2. The molecule has 0 unspecified atom stereocenters. The Labute approximate surface area is 99.7 Å². The summed E-state index contributed by atoms with van der Waals surface area (Å²) in [5, 5.41) is 0. The number of hydrogen-bond acceptors (Lipinski definition) is 2. The second kappa shape index (κ2) is 6.88. The Morgan fingerprint density at radius 3 is 2.25 bits per heavy atom. The van der Waals surface area contributed by atoms with Gasteiger partial charge in [-0.05, 0) is 30.7 Å². The van der Waals surface area contributed by atoms with Crippen molar-refractivity contribution < 1.29 is 6.22 Å². The van der Waals surface area contributed by atoms with E-state index in [-0.39, 0.29) is 7.33 Å². The summed E-state index contributed by atoms with van der Waals surface area (Å²) in [6.07, 6.45) is 1.25. The van der Waals surface area contributed by atoms with E-state index in [0.29, 0.717) is 11.3 Å². The molecule has 0 spiro atoms. The normalized spacial score (nSPS) is 9.06. The molecule has 1 amide bonds. The fourth-order valence-electron chi connectivity index (χ4n) is 1.17. The molecule has 0 radical (unpaired) electrons. The lowest BCUT2D eigenvalue weighted by Crippen LogP contribution is -2.22. The van der Waals surface area contributed by atoms with Crippen molar-refractivity contribution in [2.24, 2.45) is 0 Å². The number of nitrogen functional groups attached to an aromatic ring is 1. The minimum atomic E-state index is 0. The molecule has 1 rings (SSSR count). The zero-order chi connectivity index (χ0) is 12.7. The zero-order valence-electron chi connectivity index (χ0n) is 10.9. The third kappa shape index (κ3) is 4.34. The third-order valence-electron chi connectivity index (χ3n) is 1.89. The largest absolute Gasteiger partial charge is 0.399 e. The van der Waals surface area contributed by atoms with Crippen LogP contribution in [0.15, 0.2) is 18.2 Å². The van der Waals surface area contributed by atoms with E-state index in [1.807, 2.05) is 6.92 Å². The quantitative estimate of drug-likeness (QED) is 0.745. The molecule has 0 aliphatic heterocycles. The molecule has 0 bridgehead atoms. The number of nitrogens with zero attached hydrogens (tertiary/aromatic N) is 1. The van der Waals surface area contributed by atoms with Crippen molar-refractivity contribution in [3.63, 3.8) is 0 Å². The van der Waals surface area contributed by atoms with E-state index in [4.69, 9.17) is 5.73 Å². The van der Waals surface area contributed by atoms with Gasteiger partial charge in [0, 0.05) is 26.8 Å². The maximum absolute atomic E-state index is 11.6. The summed E-state index contributed by atoms with van der Waals surface area (Å²) in [4.78, 5) is 13.1. The summed E-state index contributed by atoms with van der Waals surface area (Å²) >= 11 is 0. The van der Waals surface area contributed by atoms with Crippen LogP contribution >= 0.6 is 0 Å². The van der Waals surface area contributed by atoms with Gasteiger partial charge >= 0.3 is 0 Å². The van der Waals surface area contributed by atoms with Crippen LogP contribution in [0.25, 0.3) is 0 Å². The first kappa shape index (κ1) is 14.5. The Bertz CT molecular complexity index is 351. The minimum absolute atomic E-state index is 0. The summed E-state index contributed by atoms with van der Waals surface area (Å²) in [5.41, 5.74) is 7.89. The Hall–Kier alpha value is -1.51. The van der Waals surface area contributed by atoms with E-state index in [1.165, 1.54) is 6.42 Å². The molecule has 0 saturated carbocycles. The van der Waals surface area contributed by atoms with Gasteiger partial charge < -0.3 is 10.6 Å². The fraction of sp³-hybridized carbons (Fsp3) is 0.462. The smallest absolute Gasteiger partial charge is 0.253 e. The average molecular weight is 224 g/mol. The van der Waals surface area contributed by atoms with Crippen molar-refractivity contribution >= 4 is 11.6 Å². The van der Waals surface area contributed by atoms with E-state index in [0.717, 1.165) is 5.56 Å².